The molecule has 0 radical (unpaired) electrons. The summed E-state index contributed by atoms with van der Waals surface area (Å²) in [4.78, 5) is 28.1. The quantitative estimate of drug-likeness (QED) is 0.624. The third kappa shape index (κ3) is 5.43. The fraction of sp³-hybridized carbons (Fsp3) is 0.273. The standard InChI is InChI=1S/C22H23FN4O3S/c1-22(2,3)24-20(28)19(14-8-10-17(30-4)11-9-14)27(16-7-5-6-15(23)12-16)21(29)18-13-31-26-25-18/h5-13,19H,1-4H3,(H,24,28)/t19-/m0/s1. The number of halogens is 1. The van der Waals surface area contributed by atoms with Crippen molar-refractivity contribution in [1.82, 2.24) is 14.9 Å². The predicted octanol–water partition coefficient (Wildman–Crippen LogP) is 3.99. The molecule has 0 bridgehead atoms. The Labute approximate surface area is 184 Å². The van der Waals surface area contributed by atoms with Crippen LogP contribution in [0, 0.1) is 5.82 Å². The second kappa shape index (κ2) is 9.22. The Morgan fingerprint density at radius 2 is 1.87 bits per heavy atom. The summed E-state index contributed by atoms with van der Waals surface area (Å²) in [6, 6.07) is 11.2. The van der Waals surface area contributed by atoms with Gasteiger partial charge in [-0.15, -0.1) is 5.10 Å². The summed E-state index contributed by atoms with van der Waals surface area (Å²) in [6.45, 7) is 5.53. The Hall–Kier alpha value is -3.33. The van der Waals surface area contributed by atoms with Gasteiger partial charge in [0.1, 0.15) is 17.6 Å². The average molecular weight is 443 g/mol. The van der Waals surface area contributed by atoms with Gasteiger partial charge in [-0.2, -0.15) is 0 Å². The molecule has 0 fully saturated rings. The van der Waals surface area contributed by atoms with Crippen molar-refractivity contribution in [3.63, 3.8) is 0 Å². The van der Waals surface area contributed by atoms with Crippen molar-refractivity contribution in [2.75, 3.05) is 12.0 Å². The number of carbonyl (C=O) groups excluding carboxylic acids is 2. The number of nitrogens with zero attached hydrogens (tertiary/aromatic N) is 3. The molecule has 1 N–H and O–H groups in total. The molecule has 2 aromatic carbocycles. The van der Waals surface area contributed by atoms with Crippen molar-refractivity contribution >= 4 is 29.0 Å². The van der Waals surface area contributed by atoms with E-state index in [1.54, 1.807) is 30.3 Å². The monoisotopic (exact) mass is 442 g/mol. The molecule has 1 atom stereocenters. The van der Waals surface area contributed by atoms with E-state index in [0.29, 0.717) is 11.3 Å². The van der Waals surface area contributed by atoms with E-state index in [9.17, 15) is 14.0 Å². The van der Waals surface area contributed by atoms with Crippen molar-refractivity contribution < 1.29 is 18.7 Å². The van der Waals surface area contributed by atoms with Gasteiger partial charge in [-0.25, -0.2) is 4.39 Å². The highest BCUT2D eigenvalue weighted by atomic mass is 32.1. The SMILES string of the molecule is COc1ccc([C@@H](C(=O)NC(C)(C)C)N(C(=O)c2csnn2)c2cccc(F)c2)cc1. The van der Waals surface area contributed by atoms with Crippen LogP contribution in [0.5, 0.6) is 5.75 Å². The van der Waals surface area contributed by atoms with Crippen molar-refractivity contribution in [3.8, 4) is 5.75 Å². The number of rotatable bonds is 6. The molecular weight excluding hydrogens is 419 g/mol. The van der Waals surface area contributed by atoms with E-state index in [1.807, 2.05) is 20.8 Å². The van der Waals surface area contributed by atoms with Gasteiger partial charge in [0.2, 0.25) is 5.91 Å². The first-order chi connectivity index (χ1) is 14.7. The molecule has 3 aromatic rings. The third-order valence-electron chi connectivity index (χ3n) is 4.32. The van der Waals surface area contributed by atoms with E-state index in [-0.39, 0.29) is 11.4 Å². The lowest BCUT2D eigenvalue weighted by molar-refractivity contribution is -0.123. The lowest BCUT2D eigenvalue weighted by Gasteiger charge is -2.33. The van der Waals surface area contributed by atoms with E-state index >= 15 is 0 Å². The second-order valence-corrected chi connectivity index (χ2v) is 8.47. The fourth-order valence-corrected chi connectivity index (χ4v) is 3.46. The number of hydrogen-bond acceptors (Lipinski definition) is 6. The number of ether oxygens (including phenoxy) is 1. The van der Waals surface area contributed by atoms with Gasteiger partial charge in [-0.3, -0.25) is 14.5 Å². The number of methoxy groups -OCH3 is 1. The van der Waals surface area contributed by atoms with Crippen LogP contribution in [0.1, 0.15) is 42.9 Å². The maximum absolute atomic E-state index is 14.1. The summed E-state index contributed by atoms with van der Waals surface area (Å²) in [5.74, 6) is -0.912. The molecule has 0 spiro atoms. The van der Waals surface area contributed by atoms with Crippen molar-refractivity contribution in [1.29, 1.82) is 0 Å². The third-order valence-corrected chi connectivity index (χ3v) is 4.83. The molecule has 3 rings (SSSR count). The molecule has 162 valence electrons. The van der Waals surface area contributed by atoms with E-state index in [4.69, 9.17) is 4.74 Å². The number of carbonyl (C=O) groups is 2. The maximum atomic E-state index is 14.1. The molecule has 2 amide bonds. The zero-order valence-electron chi connectivity index (χ0n) is 17.6. The molecule has 7 nitrogen and oxygen atoms in total. The fourth-order valence-electron chi connectivity index (χ4n) is 3.03. The van der Waals surface area contributed by atoms with Gasteiger partial charge in [-0.1, -0.05) is 22.7 Å². The summed E-state index contributed by atoms with van der Waals surface area (Å²) < 4.78 is 23.0. The van der Waals surface area contributed by atoms with Crippen LogP contribution in [0.25, 0.3) is 0 Å². The van der Waals surface area contributed by atoms with Crippen LogP contribution >= 0.6 is 11.5 Å². The Morgan fingerprint density at radius 3 is 2.42 bits per heavy atom. The topological polar surface area (TPSA) is 84.4 Å². The predicted molar refractivity (Wildman–Crippen MR) is 117 cm³/mol. The first-order valence-corrected chi connectivity index (χ1v) is 10.4. The number of benzene rings is 2. The maximum Gasteiger partial charge on any atom is 0.280 e. The highest BCUT2D eigenvalue weighted by Crippen LogP contribution is 2.31. The number of aromatic nitrogens is 2. The Kier molecular flexibility index (Phi) is 6.65. The minimum Gasteiger partial charge on any atom is -0.497 e. The minimum absolute atomic E-state index is 0.0660. The molecular formula is C22H23FN4O3S. The van der Waals surface area contributed by atoms with E-state index in [1.165, 1.54) is 35.6 Å². The van der Waals surface area contributed by atoms with Gasteiger partial charge in [0.05, 0.1) is 7.11 Å². The average Bonchev–Trinajstić information content (AvgIpc) is 3.25. The molecule has 1 aromatic heterocycles. The zero-order valence-corrected chi connectivity index (χ0v) is 18.4. The van der Waals surface area contributed by atoms with Gasteiger partial charge in [0, 0.05) is 16.6 Å². The van der Waals surface area contributed by atoms with Gasteiger partial charge in [-0.05, 0) is 68.2 Å². The smallest absolute Gasteiger partial charge is 0.280 e. The summed E-state index contributed by atoms with van der Waals surface area (Å²) in [6.07, 6.45) is 0. The molecule has 31 heavy (non-hydrogen) atoms. The van der Waals surface area contributed by atoms with Crippen LogP contribution in [-0.4, -0.2) is 34.1 Å². The Bertz CT molecular complexity index is 1050. The van der Waals surface area contributed by atoms with Crippen molar-refractivity contribution in [3.05, 3.63) is 71.0 Å². The molecule has 0 unspecified atom stereocenters. The van der Waals surface area contributed by atoms with Crippen LogP contribution in [0.4, 0.5) is 10.1 Å². The normalized spacial score (nSPS) is 12.2. The Morgan fingerprint density at radius 1 is 1.16 bits per heavy atom. The zero-order chi connectivity index (χ0) is 22.6. The van der Waals surface area contributed by atoms with Crippen molar-refractivity contribution in [2.45, 2.75) is 32.4 Å². The van der Waals surface area contributed by atoms with E-state index in [2.05, 4.69) is 14.9 Å². The van der Waals surface area contributed by atoms with E-state index in [0.717, 1.165) is 11.5 Å². The summed E-state index contributed by atoms with van der Waals surface area (Å²) in [7, 11) is 1.54. The van der Waals surface area contributed by atoms with Gasteiger partial charge in [0.25, 0.3) is 5.91 Å². The summed E-state index contributed by atoms with van der Waals surface area (Å²) in [5.41, 5.74) is 0.267. The highest BCUT2D eigenvalue weighted by molar-refractivity contribution is 7.03. The molecule has 0 saturated heterocycles. The summed E-state index contributed by atoms with van der Waals surface area (Å²) in [5, 5.41) is 8.26. The van der Waals surface area contributed by atoms with Gasteiger partial charge >= 0.3 is 0 Å². The minimum atomic E-state index is -1.08. The number of anilines is 1. The van der Waals surface area contributed by atoms with Crippen LogP contribution in [0.3, 0.4) is 0 Å². The molecule has 9 heteroatoms. The van der Waals surface area contributed by atoms with Crippen LogP contribution in [0.2, 0.25) is 0 Å². The van der Waals surface area contributed by atoms with E-state index < -0.39 is 29.2 Å². The van der Waals surface area contributed by atoms with Crippen LogP contribution in [0.15, 0.2) is 53.9 Å². The molecule has 1 heterocycles. The molecule has 0 saturated carbocycles. The number of hydrogen-bond donors (Lipinski definition) is 1. The van der Waals surface area contributed by atoms with Crippen LogP contribution in [-0.2, 0) is 4.79 Å². The summed E-state index contributed by atoms with van der Waals surface area (Å²) >= 11 is 1.01. The van der Waals surface area contributed by atoms with Gasteiger partial charge in [0.15, 0.2) is 5.69 Å². The van der Waals surface area contributed by atoms with Crippen molar-refractivity contribution in [2.24, 2.45) is 0 Å². The first kappa shape index (κ1) is 22.4. The molecule has 0 aliphatic rings. The lowest BCUT2D eigenvalue weighted by Crippen LogP contribution is -2.49. The van der Waals surface area contributed by atoms with Gasteiger partial charge < -0.3 is 10.1 Å². The number of nitrogens with one attached hydrogen (secondary N) is 1. The lowest BCUT2D eigenvalue weighted by atomic mass is 10.00. The first-order valence-electron chi connectivity index (χ1n) is 9.52. The highest BCUT2D eigenvalue weighted by Gasteiger charge is 2.36. The Balaban J connectivity index is 2.17. The molecule has 0 aliphatic carbocycles. The molecule has 0 aliphatic heterocycles. The van der Waals surface area contributed by atoms with Crippen LogP contribution < -0.4 is 15.0 Å². The largest absolute Gasteiger partial charge is 0.497 e. The second-order valence-electron chi connectivity index (χ2n) is 7.86. The number of amides is 2.